The predicted molar refractivity (Wildman–Crippen MR) is 130 cm³/mol. The fourth-order valence-electron chi connectivity index (χ4n) is 4.34. The fraction of sp³-hybridized carbons (Fsp3) is 0.440. The van der Waals surface area contributed by atoms with Crippen LogP contribution < -0.4 is 25.5 Å². The van der Waals surface area contributed by atoms with E-state index in [4.69, 9.17) is 14.2 Å². The van der Waals surface area contributed by atoms with E-state index in [1.54, 1.807) is 11.2 Å². The largest absolute Gasteiger partial charge is 0.501 e. The van der Waals surface area contributed by atoms with E-state index in [0.29, 0.717) is 42.5 Å². The highest BCUT2D eigenvalue weighted by Gasteiger charge is 2.19. The van der Waals surface area contributed by atoms with Crippen molar-refractivity contribution in [2.45, 2.75) is 18.9 Å². The average molecular weight is 479 g/mol. The third-order valence-corrected chi connectivity index (χ3v) is 6.27. The van der Waals surface area contributed by atoms with Crippen LogP contribution in [0.2, 0.25) is 0 Å². The lowest BCUT2D eigenvalue weighted by molar-refractivity contribution is -0.132. The van der Waals surface area contributed by atoms with Crippen molar-refractivity contribution < 1.29 is 19.0 Å². The summed E-state index contributed by atoms with van der Waals surface area (Å²) in [6.45, 7) is 3.38. The molecule has 3 aliphatic heterocycles. The first kappa shape index (κ1) is 23.1. The molecule has 1 atom stereocenters. The number of hydrogen-bond donors (Lipinski definition) is 1. The first-order valence-electron chi connectivity index (χ1n) is 11.9. The zero-order valence-corrected chi connectivity index (χ0v) is 20.1. The summed E-state index contributed by atoms with van der Waals surface area (Å²) in [5.74, 6) is 1.68. The van der Waals surface area contributed by atoms with Gasteiger partial charge in [0.25, 0.3) is 5.91 Å². The molecule has 1 amide bonds. The molecule has 2 bridgehead atoms. The van der Waals surface area contributed by atoms with E-state index in [1.807, 2.05) is 31.3 Å². The van der Waals surface area contributed by atoms with Gasteiger partial charge in [0, 0.05) is 38.3 Å². The molecule has 0 fully saturated rings. The lowest BCUT2D eigenvalue weighted by atomic mass is 10.2. The quantitative estimate of drug-likeness (QED) is 0.678. The van der Waals surface area contributed by atoms with E-state index >= 15 is 0 Å². The van der Waals surface area contributed by atoms with Crippen LogP contribution in [0.1, 0.15) is 12.8 Å². The van der Waals surface area contributed by atoms with Gasteiger partial charge in [0.15, 0.2) is 23.6 Å². The molecule has 1 aromatic carbocycles. The van der Waals surface area contributed by atoms with E-state index in [1.165, 1.54) is 11.9 Å². The van der Waals surface area contributed by atoms with Gasteiger partial charge in [-0.15, -0.1) is 0 Å². The summed E-state index contributed by atoms with van der Waals surface area (Å²) in [5, 5.41) is 4.36. The van der Waals surface area contributed by atoms with Gasteiger partial charge in [-0.2, -0.15) is 0 Å². The van der Waals surface area contributed by atoms with Gasteiger partial charge < -0.3 is 29.3 Å². The molecule has 0 aliphatic carbocycles. The Bertz CT molecular complexity index is 1250. The van der Waals surface area contributed by atoms with Gasteiger partial charge in [0.2, 0.25) is 0 Å². The van der Waals surface area contributed by atoms with Gasteiger partial charge in [-0.3, -0.25) is 9.79 Å². The highest BCUT2D eigenvalue weighted by atomic mass is 16.5. The minimum Gasteiger partial charge on any atom is -0.501 e. The summed E-state index contributed by atoms with van der Waals surface area (Å²) in [7, 11) is 3.88. The molecule has 0 saturated carbocycles. The second-order valence-electron chi connectivity index (χ2n) is 8.97. The molecular weight excluding hydrogens is 448 g/mol. The van der Waals surface area contributed by atoms with Crippen molar-refractivity contribution in [1.29, 1.82) is 0 Å². The Labute approximate surface area is 203 Å². The van der Waals surface area contributed by atoms with E-state index < -0.39 is 0 Å². The molecule has 3 aliphatic rings. The molecule has 1 N–H and O–H groups in total. The van der Waals surface area contributed by atoms with Crippen molar-refractivity contribution in [3.63, 3.8) is 0 Å². The first-order chi connectivity index (χ1) is 17.1. The smallest absolute Gasteiger partial charge is 0.260 e. The van der Waals surface area contributed by atoms with Crippen LogP contribution in [0.3, 0.4) is 0 Å². The Morgan fingerprint density at radius 1 is 1.20 bits per heavy atom. The van der Waals surface area contributed by atoms with Gasteiger partial charge >= 0.3 is 0 Å². The van der Waals surface area contributed by atoms with Crippen LogP contribution in [-0.4, -0.2) is 85.3 Å². The van der Waals surface area contributed by atoms with Crippen LogP contribution in [0.15, 0.2) is 41.9 Å². The summed E-state index contributed by atoms with van der Waals surface area (Å²) in [5.41, 5.74) is 2.65. The van der Waals surface area contributed by atoms with Crippen molar-refractivity contribution in [2.24, 2.45) is 4.99 Å². The number of rotatable bonds is 2. The molecular formula is C25H30N6O4. The maximum atomic E-state index is 12.7. The number of carbonyl (C=O) groups excluding carboxylic acids is 1. The Hall–Kier alpha value is -3.66. The van der Waals surface area contributed by atoms with Crippen molar-refractivity contribution in [3.8, 4) is 11.5 Å². The van der Waals surface area contributed by atoms with Gasteiger partial charge in [0.1, 0.15) is 18.2 Å². The van der Waals surface area contributed by atoms with Crippen molar-refractivity contribution in [3.05, 3.63) is 47.6 Å². The molecule has 2 aromatic rings. The lowest BCUT2D eigenvalue weighted by Gasteiger charge is -2.23. The minimum atomic E-state index is -0.123. The number of anilines is 2. The molecule has 1 aromatic heterocycles. The average Bonchev–Trinajstić information content (AvgIpc) is 3.27. The maximum absolute atomic E-state index is 12.7. The van der Waals surface area contributed by atoms with Crippen LogP contribution in [-0.2, 0) is 9.53 Å². The Balaban J connectivity index is 1.51. The predicted octanol–water partition coefficient (Wildman–Crippen LogP) is 0.858. The maximum Gasteiger partial charge on any atom is 0.260 e. The standard InChI is InChI=1S/C25H30N6O4/c1-30-8-3-9-31(2)22(32)15-34-21-12-18(4-5-20(21)35-19-6-10-33-11-7-19)29-25-23-17(14-30)13-26-24(23)27-16-28-25/h4-6,10,12,16,19H,3,7-9,11,13-15H2,1-2H3,(H,26,27,28,29)/t19-/m1/s1. The highest BCUT2D eigenvalue weighted by molar-refractivity contribution is 5.77. The second kappa shape index (κ2) is 10.3. The number of likely N-dealkylation sites (N-methyl/N-ethyl adjacent to an activating group) is 1. The van der Waals surface area contributed by atoms with Gasteiger partial charge in [-0.25, -0.2) is 9.97 Å². The van der Waals surface area contributed by atoms with Crippen LogP contribution >= 0.6 is 0 Å². The topological polar surface area (TPSA) is 101 Å². The number of amides is 1. The number of fused-ring (bicyclic) bond motifs is 2. The normalized spacial score (nSPS) is 20.9. The molecule has 4 heterocycles. The third-order valence-electron chi connectivity index (χ3n) is 6.27. The van der Waals surface area contributed by atoms with E-state index in [0.717, 1.165) is 36.8 Å². The van der Waals surface area contributed by atoms with Crippen LogP contribution in [0.4, 0.5) is 11.5 Å². The zero-order chi connectivity index (χ0) is 24.2. The summed E-state index contributed by atoms with van der Waals surface area (Å²) in [6.07, 6.45) is 6.52. The summed E-state index contributed by atoms with van der Waals surface area (Å²) >= 11 is 0. The Morgan fingerprint density at radius 2 is 2.11 bits per heavy atom. The molecule has 0 radical (unpaired) electrons. The van der Waals surface area contributed by atoms with Gasteiger partial charge in [-0.1, -0.05) is 0 Å². The molecule has 0 unspecified atom stereocenters. The van der Waals surface area contributed by atoms with Gasteiger partial charge in [-0.05, 0) is 43.8 Å². The Morgan fingerprint density at radius 3 is 2.97 bits per heavy atom. The molecule has 0 spiro atoms. The van der Waals surface area contributed by atoms with Crippen LogP contribution in [0.5, 0.6) is 11.5 Å². The van der Waals surface area contributed by atoms with Crippen molar-refractivity contribution >= 4 is 23.0 Å². The monoisotopic (exact) mass is 478 g/mol. The number of aromatic nitrogens is 2. The number of nitrogens with one attached hydrogen (secondary N) is 1. The zero-order valence-electron chi connectivity index (χ0n) is 20.1. The molecule has 5 rings (SSSR count). The van der Waals surface area contributed by atoms with Crippen molar-refractivity contribution in [1.82, 2.24) is 19.8 Å². The lowest BCUT2D eigenvalue weighted by Crippen LogP contribution is -2.35. The minimum absolute atomic E-state index is 0.0739. The number of carbonyl (C=O) groups is 1. The number of ether oxygens (including phenoxy) is 3. The SMILES string of the molecule is CN1CCCN(C)C(=O)COc2cc(ccc2O[C@@H]2C=COCC2)Nc2ncnc3c2=C(CN=3)C1. The molecule has 35 heavy (non-hydrogen) atoms. The Kier molecular flexibility index (Phi) is 6.80. The first-order valence-corrected chi connectivity index (χ1v) is 11.9. The summed E-state index contributed by atoms with van der Waals surface area (Å²) < 4.78 is 17.4. The second-order valence-corrected chi connectivity index (χ2v) is 8.97. The summed E-state index contributed by atoms with van der Waals surface area (Å²) in [4.78, 5) is 30.2. The van der Waals surface area contributed by atoms with Crippen LogP contribution in [0.25, 0.3) is 5.57 Å². The third kappa shape index (κ3) is 5.37. The number of nitrogens with zero attached hydrogens (tertiary/aromatic N) is 5. The van der Waals surface area contributed by atoms with E-state index in [9.17, 15) is 4.79 Å². The highest BCUT2D eigenvalue weighted by Crippen LogP contribution is 2.33. The number of hydrogen-bond acceptors (Lipinski definition) is 9. The van der Waals surface area contributed by atoms with Crippen molar-refractivity contribution in [2.75, 3.05) is 58.8 Å². The molecule has 10 heteroatoms. The fourth-order valence-corrected chi connectivity index (χ4v) is 4.34. The molecule has 0 saturated heterocycles. The van der Waals surface area contributed by atoms with E-state index in [2.05, 4.69) is 32.2 Å². The molecule has 184 valence electrons. The summed E-state index contributed by atoms with van der Waals surface area (Å²) in [6, 6.07) is 5.60. The molecule has 10 nitrogen and oxygen atoms in total. The van der Waals surface area contributed by atoms with E-state index in [-0.39, 0.29) is 18.6 Å². The number of benzene rings is 1. The van der Waals surface area contributed by atoms with Crippen LogP contribution in [0, 0.1) is 0 Å². The van der Waals surface area contributed by atoms with Gasteiger partial charge in [0.05, 0.1) is 24.6 Å².